The van der Waals surface area contributed by atoms with Crippen LogP contribution in [0.1, 0.15) is 18.4 Å². The molecule has 1 aliphatic rings. The summed E-state index contributed by atoms with van der Waals surface area (Å²) >= 11 is 0. The Morgan fingerprint density at radius 3 is 2.81 bits per heavy atom. The van der Waals surface area contributed by atoms with Gasteiger partial charge in [0.1, 0.15) is 0 Å². The Balaban J connectivity index is 1.70. The quantitative estimate of drug-likeness (QED) is 0.873. The molecule has 1 aliphatic heterocycles. The highest BCUT2D eigenvalue weighted by Gasteiger charge is 2.42. The Hall–Kier alpha value is -1.57. The number of piperidine rings is 1. The number of aromatic nitrogens is 2. The lowest BCUT2D eigenvalue weighted by Gasteiger charge is -2.30. The number of carbonyl (C=O) groups is 1. The number of alkyl halides is 3. The van der Waals surface area contributed by atoms with Crippen LogP contribution in [0.2, 0.25) is 0 Å². The molecule has 21 heavy (non-hydrogen) atoms. The van der Waals surface area contributed by atoms with E-state index in [0.717, 1.165) is 5.56 Å². The molecular weight excluding hydrogens is 285 g/mol. The number of amides is 1. The molecule has 0 spiro atoms. The van der Waals surface area contributed by atoms with Gasteiger partial charge in [0, 0.05) is 26.3 Å². The summed E-state index contributed by atoms with van der Waals surface area (Å²) in [6.45, 7) is 0.260. The molecule has 1 amide bonds. The highest BCUT2D eigenvalue weighted by molar-refractivity contribution is 5.81. The van der Waals surface area contributed by atoms with Crippen LogP contribution in [-0.4, -0.2) is 41.0 Å². The van der Waals surface area contributed by atoms with E-state index in [1.807, 2.05) is 13.2 Å². The third-order valence-electron chi connectivity index (χ3n) is 3.67. The Morgan fingerprint density at radius 1 is 1.52 bits per heavy atom. The van der Waals surface area contributed by atoms with Crippen LogP contribution in [0.5, 0.6) is 0 Å². The van der Waals surface area contributed by atoms with Crippen molar-refractivity contribution in [2.45, 2.75) is 31.5 Å². The lowest BCUT2D eigenvalue weighted by Crippen LogP contribution is -2.51. The van der Waals surface area contributed by atoms with E-state index in [1.165, 1.54) is 0 Å². The first kappa shape index (κ1) is 15.8. The molecule has 2 heterocycles. The van der Waals surface area contributed by atoms with Crippen molar-refractivity contribution in [1.29, 1.82) is 0 Å². The van der Waals surface area contributed by atoms with E-state index < -0.39 is 18.1 Å². The Labute approximate surface area is 120 Å². The normalized spacial score (nSPS) is 23.0. The van der Waals surface area contributed by atoms with Gasteiger partial charge in [-0.05, 0) is 24.8 Å². The van der Waals surface area contributed by atoms with Crippen molar-refractivity contribution in [3.8, 4) is 0 Å². The van der Waals surface area contributed by atoms with Crippen molar-refractivity contribution in [3.05, 3.63) is 18.0 Å². The zero-order chi connectivity index (χ0) is 15.5. The number of hydrogen-bond donors (Lipinski definition) is 2. The largest absolute Gasteiger partial charge is 0.393 e. The van der Waals surface area contributed by atoms with Crippen molar-refractivity contribution in [2.75, 3.05) is 13.1 Å². The second-order valence-electron chi connectivity index (χ2n) is 5.34. The second-order valence-corrected chi connectivity index (χ2v) is 5.34. The van der Waals surface area contributed by atoms with Crippen LogP contribution >= 0.6 is 0 Å². The van der Waals surface area contributed by atoms with E-state index in [-0.39, 0.29) is 25.3 Å². The van der Waals surface area contributed by atoms with Crippen LogP contribution in [0, 0.1) is 5.92 Å². The summed E-state index contributed by atoms with van der Waals surface area (Å²) in [6.07, 6.45) is 0.254. The molecule has 1 saturated heterocycles. The number of halogens is 3. The van der Waals surface area contributed by atoms with Gasteiger partial charge < -0.3 is 10.6 Å². The number of nitrogens with one attached hydrogen (secondary N) is 2. The standard InChI is InChI=1S/C13H19F3N4O/c1-20-8-9(6-19-20)4-5-17-12(21)11-3-2-10(7-18-11)13(14,15)16/h6,8,10-11,18H,2-5,7H2,1H3,(H,17,21). The lowest BCUT2D eigenvalue weighted by atomic mass is 9.94. The van der Waals surface area contributed by atoms with E-state index in [4.69, 9.17) is 0 Å². The van der Waals surface area contributed by atoms with Crippen LogP contribution in [0.3, 0.4) is 0 Å². The van der Waals surface area contributed by atoms with Crippen molar-refractivity contribution in [3.63, 3.8) is 0 Å². The summed E-state index contributed by atoms with van der Waals surface area (Å²) in [4.78, 5) is 11.9. The average Bonchev–Trinajstić information content (AvgIpc) is 2.83. The van der Waals surface area contributed by atoms with Gasteiger partial charge in [-0.3, -0.25) is 9.48 Å². The van der Waals surface area contributed by atoms with Gasteiger partial charge in [-0.2, -0.15) is 18.3 Å². The molecule has 8 heteroatoms. The number of carbonyl (C=O) groups excluding carboxylic acids is 1. The first-order chi connectivity index (χ1) is 9.86. The van der Waals surface area contributed by atoms with Crippen LogP contribution in [-0.2, 0) is 18.3 Å². The number of rotatable bonds is 4. The smallest absolute Gasteiger partial charge is 0.354 e. The molecular formula is C13H19F3N4O. The number of aryl methyl sites for hydroxylation is 1. The Morgan fingerprint density at radius 2 is 2.29 bits per heavy atom. The minimum absolute atomic E-state index is 0.00279. The molecule has 5 nitrogen and oxygen atoms in total. The van der Waals surface area contributed by atoms with Gasteiger partial charge in [0.15, 0.2) is 0 Å². The molecule has 0 aliphatic carbocycles. The van der Waals surface area contributed by atoms with Crippen LogP contribution in [0.4, 0.5) is 13.2 Å². The fourth-order valence-corrected chi connectivity index (χ4v) is 2.41. The van der Waals surface area contributed by atoms with Gasteiger partial charge in [0.25, 0.3) is 0 Å². The topological polar surface area (TPSA) is 59.0 Å². The minimum atomic E-state index is -4.19. The molecule has 1 aromatic rings. The maximum Gasteiger partial charge on any atom is 0.393 e. The fourth-order valence-electron chi connectivity index (χ4n) is 2.41. The maximum atomic E-state index is 12.5. The highest BCUT2D eigenvalue weighted by Crippen LogP contribution is 2.31. The SMILES string of the molecule is Cn1cc(CCNC(=O)C2CCC(C(F)(F)F)CN2)cn1. The molecule has 0 bridgehead atoms. The van der Waals surface area contributed by atoms with E-state index in [2.05, 4.69) is 15.7 Å². The maximum absolute atomic E-state index is 12.5. The molecule has 0 radical (unpaired) electrons. The highest BCUT2D eigenvalue weighted by atomic mass is 19.4. The van der Waals surface area contributed by atoms with Crippen LogP contribution < -0.4 is 10.6 Å². The number of hydrogen-bond acceptors (Lipinski definition) is 3. The van der Waals surface area contributed by atoms with Gasteiger partial charge in [-0.1, -0.05) is 0 Å². The van der Waals surface area contributed by atoms with Gasteiger partial charge in [0.2, 0.25) is 5.91 Å². The van der Waals surface area contributed by atoms with E-state index in [9.17, 15) is 18.0 Å². The van der Waals surface area contributed by atoms with E-state index in [1.54, 1.807) is 10.9 Å². The second kappa shape index (κ2) is 6.46. The van der Waals surface area contributed by atoms with Crippen molar-refractivity contribution in [1.82, 2.24) is 20.4 Å². The molecule has 2 unspecified atom stereocenters. The summed E-state index contributed by atoms with van der Waals surface area (Å²) in [6, 6.07) is -0.530. The summed E-state index contributed by atoms with van der Waals surface area (Å²) in [7, 11) is 1.81. The molecule has 2 rings (SSSR count). The monoisotopic (exact) mass is 304 g/mol. The summed E-state index contributed by atoms with van der Waals surface area (Å²) in [5.41, 5.74) is 1.01. The van der Waals surface area contributed by atoms with E-state index in [0.29, 0.717) is 13.0 Å². The zero-order valence-corrected chi connectivity index (χ0v) is 11.8. The molecule has 2 atom stereocenters. The van der Waals surface area contributed by atoms with Crippen molar-refractivity contribution < 1.29 is 18.0 Å². The molecule has 0 saturated carbocycles. The molecule has 1 aromatic heterocycles. The van der Waals surface area contributed by atoms with Crippen LogP contribution in [0.25, 0.3) is 0 Å². The lowest BCUT2D eigenvalue weighted by molar-refractivity contribution is -0.180. The summed E-state index contributed by atoms with van der Waals surface area (Å²) in [5, 5.41) is 9.44. The predicted molar refractivity (Wildman–Crippen MR) is 70.5 cm³/mol. The first-order valence-corrected chi connectivity index (χ1v) is 6.91. The van der Waals surface area contributed by atoms with Crippen molar-refractivity contribution in [2.24, 2.45) is 13.0 Å². The molecule has 2 N–H and O–H groups in total. The van der Waals surface area contributed by atoms with E-state index >= 15 is 0 Å². The summed E-state index contributed by atoms with van der Waals surface area (Å²) in [5.74, 6) is -1.59. The van der Waals surface area contributed by atoms with Crippen LogP contribution in [0.15, 0.2) is 12.4 Å². The van der Waals surface area contributed by atoms with Crippen molar-refractivity contribution >= 4 is 5.91 Å². The molecule has 0 aromatic carbocycles. The molecule has 118 valence electrons. The molecule has 1 fully saturated rings. The third-order valence-corrected chi connectivity index (χ3v) is 3.67. The Kier molecular flexibility index (Phi) is 4.87. The fraction of sp³-hybridized carbons (Fsp3) is 0.692. The van der Waals surface area contributed by atoms with Gasteiger partial charge in [-0.25, -0.2) is 0 Å². The third kappa shape index (κ3) is 4.45. The number of nitrogens with zero attached hydrogens (tertiary/aromatic N) is 2. The average molecular weight is 304 g/mol. The minimum Gasteiger partial charge on any atom is -0.354 e. The van der Waals surface area contributed by atoms with Gasteiger partial charge in [0.05, 0.1) is 18.2 Å². The predicted octanol–water partition coefficient (Wildman–Crippen LogP) is 1.01. The Bertz CT molecular complexity index is 478. The first-order valence-electron chi connectivity index (χ1n) is 6.91. The van der Waals surface area contributed by atoms with Gasteiger partial charge in [-0.15, -0.1) is 0 Å². The summed E-state index contributed by atoms with van der Waals surface area (Å²) < 4.78 is 39.2. The zero-order valence-electron chi connectivity index (χ0n) is 11.8. The van der Waals surface area contributed by atoms with Gasteiger partial charge >= 0.3 is 6.18 Å².